The van der Waals surface area contributed by atoms with Gasteiger partial charge in [-0.1, -0.05) is 0 Å². The zero-order chi connectivity index (χ0) is 11.4. The molecule has 0 aromatic heterocycles. The van der Waals surface area contributed by atoms with Gasteiger partial charge in [0.25, 0.3) is 0 Å². The quantitative estimate of drug-likeness (QED) is 0.653. The second kappa shape index (κ2) is 5.64. The average Bonchev–Trinajstić information content (AvgIpc) is 2.81. The molecule has 1 aliphatic carbocycles. The van der Waals surface area contributed by atoms with Gasteiger partial charge in [0.15, 0.2) is 0 Å². The summed E-state index contributed by atoms with van der Waals surface area (Å²) in [5.74, 6) is 0.720. The lowest BCUT2D eigenvalue weighted by molar-refractivity contribution is -0.123. The van der Waals surface area contributed by atoms with E-state index < -0.39 is 0 Å². The van der Waals surface area contributed by atoms with Crippen molar-refractivity contribution in [3.05, 3.63) is 0 Å². The minimum absolute atomic E-state index is 0.0363. The van der Waals surface area contributed by atoms with Crippen molar-refractivity contribution < 1.29 is 9.90 Å². The molecule has 1 atom stereocenters. The Morgan fingerprint density at radius 1 is 1.25 bits per heavy atom. The van der Waals surface area contributed by atoms with Crippen LogP contribution in [-0.2, 0) is 4.79 Å². The summed E-state index contributed by atoms with van der Waals surface area (Å²) in [6.07, 6.45) is 5.83. The van der Waals surface area contributed by atoms with Crippen molar-refractivity contribution in [3.8, 4) is 0 Å². The van der Waals surface area contributed by atoms with Crippen LogP contribution in [0.4, 0.5) is 0 Å². The molecule has 4 heteroatoms. The summed E-state index contributed by atoms with van der Waals surface area (Å²) in [6, 6.07) is 0.0363. The lowest BCUT2D eigenvalue weighted by Gasteiger charge is -2.25. The summed E-state index contributed by atoms with van der Waals surface area (Å²) in [5, 5.41) is 15.6. The lowest BCUT2D eigenvalue weighted by Crippen LogP contribution is -2.42. The highest BCUT2D eigenvalue weighted by atomic mass is 16.3. The highest BCUT2D eigenvalue weighted by Crippen LogP contribution is 2.23. The van der Waals surface area contributed by atoms with Crippen molar-refractivity contribution >= 4 is 5.91 Å². The number of hydrogen-bond acceptors (Lipinski definition) is 3. The Kier molecular flexibility index (Phi) is 4.18. The third-order valence-electron chi connectivity index (χ3n) is 3.76. The molecule has 0 aromatic rings. The highest BCUT2D eigenvalue weighted by Gasteiger charge is 2.24. The fraction of sp³-hybridized carbons (Fsp3) is 0.917. The standard InChI is InChI=1S/C12H22N2O2/c15-10-5-3-9(4-6-10)8-14-12(16)11-2-1-7-13-11/h9-11,13,15H,1-8H2,(H,14,16)/t9?,10?,11-/m0/s1. The molecule has 0 bridgehead atoms. The number of nitrogens with one attached hydrogen (secondary N) is 2. The second-order valence-electron chi connectivity index (χ2n) is 5.07. The average molecular weight is 226 g/mol. The van der Waals surface area contributed by atoms with Crippen LogP contribution in [0.5, 0.6) is 0 Å². The van der Waals surface area contributed by atoms with E-state index in [-0.39, 0.29) is 18.1 Å². The number of aliphatic hydroxyl groups is 1. The van der Waals surface area contributed by atoms with Gasteiger partial charge in [-0.05, 0) is 51.0 Å². The smallest absolute Gasteiger partial charge is 0.237 e. The van der Waals surface area contributed by atoms with Crippen LogP contribution in [0.2, 0.25) is 0 Å². The Bertz CT molecular complexity index is 231. The normalized spacial score (nSPS) is 34.9. The van der Waals surface area contributed by atoms with E-state index in [9.17, 15) is 9.90 Å². The summed E-state index contributed by atoms with van der Waals surface area (Å²) in [4.78, 5) is 11.7. The molecule has 2 aliphatic rings. The summed E-state index contributed by atoms with van der Waals surface area (Å²) in [5.41, 5.74) is 0. The predicted octanol–water partition coefficient (Wildman–Crippen LogP) is 0.406. The molecule has 92 valence electrons. The summed E-state index contributed by atoms with van der Waals surface area (Å²) >= 11 is 0. The topological polar surface area (TPSA) is 61.4 Å². The Morgan fingerprint density at radius 2 is 2.00 bits per heavy atom. The molecule has 1 amide bonds. The van der Waals surface area contributed by atoms with Crippen LogP contribution in [-0.4, -0.2) is 36.2 Å². The zero-order valence-electron chi connectivity index (χ0n) is 9.74. The maximum Gasteiger partial charge on any atom is 0.237 e. The van der Waals surface area contributed by atoms with E-state index >= 15 is 0 Å². The van der Waals surface area contributed by atoms with Gasteiger partial charge in [0.2, 0.25) is 5.91 Å². The van der Waals surface area contributed by atoms with Crippen molar-refractivity contribution in [1.29, 1.82) is 0 Å². The number of amides is 1. The van der Waals surface area contributed by atoms with Crippen LogP contribution < -0.4 is 10.6 Å². The van der Waals surface area contributed by atoms with Gasteiger partial charge < -0.3 is 15.7 Å². The van der Waals surface area contributed by atoms with E-state index in [0.29, 0.717) is 5.92 Å². The van der Waals surface area contributed by atoms with E-state index in [4.69, 9.17) is 0 Å². The van der Waals surface area contributed by atoms with Crippen molar-refractivity contribution in [2.24, 2.45) is 5.92 Å². The van der Waals surface area contributed by atoms with Crippen LogP contribution >= 0.6 is 0 Å². The van der Waals surface area contributed by atoms with E-state index in [1.54, 1.807) is 0 Å². The van der Waals surface area contributed by atoms with Gasteiger partial charge in [0.05, 0.1) is 12.1 Å². The van der Waals surface area contributed by atoms with Gasteiger partial charge in [-0.3, -0.25) is 4.79 Å². The second-order valence-corrected chi connectivity index (χ2v) is 5.07. The van der Waals surface area contributed by atoms with Crippen molar-refractivity contribution in [1.82, 2.24) is 10.6 Å². The third kappa shape index (κ3) is 3.19. The Morgan fingerprint density at radius 3 is 2.62 bits per heavy atom. The minimum atomic E-state index is -0.108. The molecule has 1 aliphatic heterocycles. The fourth-order valence-corrected chi connectivity index (χ4v) is 2.63. The molecule has 2 rings (SSSR count). The molecule has 3 N–H and O–H groups in total. The van der Waals surface area contributed by atoms with Crippen molar-refractivity contribution in [2.75, 3.05) is 13.1 Å². The third-order valence-corrected chi connectivity index (χ3v) is 3.76. The fourth-order valence-electron chi connectivity index (χ4n) is 2.63. The lowest BCUT2D eigenvalue weighted by atomic mass is 9.87. The Hall–Kier alpha value is -0.610. The monoisotopic (exact) mass is 226 g/mol. The van der Waals surface area contributed by atoms with Gasteiger partial charge in [-0.25, -0.2) is 0 Å². The van der Waals surface area contributed by atoms with E-state index in [1.165, 1.54) is 0 Å². The molecule has 2 fully saturated rings. The van der Waals surface area contributed by atoms with Crippen LogP contribution in [0.1, 0.15) is 38.5 Å². The highest BCUT2D eigenvalue weighted by molar-refractivity contribution is 5.81. The molecule has 0 unspecified atom stereocenters. The molecule has 4 nitrogen and oxygen atoms in total. The number of rotatable bonds is 3. The molecular formula is C12H22N2O2. The van der Waals surface area contributed by atoms with E-state index in [0.717, 1.165) is 51.6 Å². The first-order valence-electron chi connectivity index (χ1n) is 6.45. The first-order valence-corrected chi connectivity index (χ1v) is 6.45. The van der Waals surface area contributed by atoms with Crippen molar-refractivity contribution in [2.45, 2.75) is 50.7 Å². The van der Waals surface area contributed by atoms with Crippen LogP contribution in [0.3, 0.4) is 0 Å². The maximum absolute atomic E-state index is 11.7. The van der Waals surface area contributed by atoms with Gasteiger partial charge in [0, 0.05) is 6.54 Å². The largest absolute Gasteiger partial charge is 0.393 e. The first-order chi connectivity index (χ1) is 7.75. The Labute approximate surface area is 96.8 Å². The van der Waals surface area contributed by atoms with Gasteiger partial charge in [-0.2, -0.15) is 0 Å². The summed E-state index contributed by atoms with van der Waals surface area (Å²) in [6.45, 7) is 1.75. The first kappa shape index (κ1) is 11.9. The summed E-state index contributed by atoms with van der Waals surface area (Å²) in [7, 11) is 0. The molecule has 0 spiro atoms. The number of carbonyl (C=O) groups is 1. The number of hydrogen-bond donors (Lipinski definition) is 3. The summed E-state index contributed by atoms with van der Waals surface area (Å²) < 4.78 is 0. The molecular weight excluding hydrogens is 204 g/mol. The van der Waals surface area contributed by atoms with Gasteiger partial charge in [-0.15, -0.1) is 0 Å². The number of carbonyl (C=O) groups excluding carboxylic acids is 1. The van der Waals surface area contributed by atoms with E-state index in [1.807, 2.05) is 0 Å². The Balaban J connectivity index is 1.65. The minimum Gasteiger partial charge on any atom is -0.393 e. The zero-order valence-corrected chi connectivity index (χ0v) is 9.74. The molecule has 0 aromatic carbocycles. The maximum atomic E-state index is 11.7. The molecule has 0 radical (unpaired) electrons. The van der Waals surface area contributed by atoms with Crippen LogP contribution in [0.15, 0.2) is 0 Å². The van der Waals surface area contributed by atoms with Gasteiger partial charge >= 0.3 is 0 Å². The SMILES string of the molecule is O=C(NCC1CCC(O)CC1)[C@@H]1CCCN1. The molecule has 16 heavy (non-hydrogen) atoms. The van der Waals surface area contributed by atoms with Gasteiger partial charge in [0.1, 0.15) is 0 Å². The molecule has 1 heterocycles. The van der Waals surface area contributed by atoms with Crippen LogP contribution in [0.25, 0.3) is 0 Å². The van der Waals surface area contributed by atoms with E-state index in [2.05, 4.69) is 10.6 Å². The molecule has 1 saturated carbocycles. The predicted molar refractivity (Wildman–Crippen MR) is 62.0 cm³/mol. The molecule has 1 saturated heterocycles. The number of aliphatic hydroxyl groups excluding tert-OH is 1. The van der Waals surface area contributed by atoms with Crippen LogP contribution in [0, 0.1) is 5.92 Å². The van der Waals surface area contributed by atoms with Crippen molar-refractivity contribution in [3.63, 3.8) is 0 Å².